The average Bonchev–Trinajstić information content (AvgIpc) is 2.05. The van der Waals surface area contributed by atoms with Crippen molar-refractivity contribution >= 4 is 6.09 Å². The molecule has 0 aliphatic carbocycles. The lowest BCUT2D eigenvalue weighted by atomic mass is 10.4. The number of carbonyl (C=O) groups is 1. The standard InChI is InChI=1S/C6H11N2O2/c1-10-6(9)8-4-2-7-3-5-8/h7H,1-5H2. The monoisotopic (exact) mass is 143 g/mol. The molecule has 0 bridgehead atoms. The molecule has 57 valence electrons. The normalized spacial score (nSPS) is 18.7. The highest BCUT2D eigenvalue weighted by Gasteiger charge is 2.15. The summed E-state index contributed by atoms with van der Waals surface area (Å²) in [5.41, 5.74) is 0. The maximum Gasteiger partial charge on any atom is 0.409 e. The Bertz CT molecular complexity index is 121. The molecule has 0 saturated carbocycles. The summed E-state index contributed by atoms with van der Waals surface area (Å²) in [6, 6.07) is 0. The first-order chi connectivity index (χ1) is 4.84. The predicted octanol–water partition coefficient (Wildman–Crippen LogP) is -0.180. The lowest BCUT2D eigenvalue weighted by molar-refractivity contribution is 0.129. The van der Waals surface area contributed by atoms with Gasteiger partial charge in [0.1, 0.15) is 7.11 Å². The van der Waals surface area contributed by atoms with E-state index >= 15 is 0 Å². The van der Waals surface area contributed by atoms with Gasteiger partial charge in [-0.15, -0.1) is 0 Å². The van der Waals surface area contributed by atoms with Crippen LogP contribution in [-0.2, 0) is 4.74 Å². The Kier molecular flexibility index (Phi) is 2.50. The minimum absolute atomic E-state index is 0.332. The molecule has 1 heterocycles. The number of rotatable bonds is 0. The summed E-state index contributed by atoms with van der Waals surface area (Å²) >= 11 is 0. The number of nitrogens with zero attached hydrogens (tertiary/aromatic N) is 1. The van der Waals surface area contributed by atoms with Crippen LogP contribution in [0.5, 0.6) is 0 Å². The molecule has 0 aromatic carbocycles. The van der Waals surface area contributed by atoms with E-state index in [1.165, 1.54) is 0 Å². The third-order valence-electron chi connectivity index (χ3n) is 1.50. The maximum absolute atomic E-state index is 10.8. The van der Waals surface area contributed by atoms with Crippen molar-refractivity contribution in [1.29, 1.82) is 0 Å². The van der Waals surface area contributed by atoms with E-state index in [0.29, 0.717) is 13.1 Å². The van der Waals surface area contributed by atoms with Gasteiger partial charge in [0.25, 0.3) is 0 Å². The van der Waals surface area contributed by atoms with Gasteiger partial charge in [0.15, 0.2) is 0 Å². The van der Waals surface area contributed by atoms with Crippen molar-refractivity contribution in [1.82, 2.24) is 10.2 Å². The van der Waals surface area contributed by atoms with Crippen molar-refractivity contribution in [2.45, 2.75) is 0 Å². The summed E-state index contributed by atoms with van der Waals surface area (Å²) in [5, 5.41) is 3.12. The molecule has 1 fully saturated rings. The van der Waals surface area contributed by atoms with E-state index in [9.17, 15) is 4.79 Å². The van der Waals surface area contributed by atoms with E-state index in [4.69, 9.17) is 0 Å². The summed E-state index contributed by atoms with van der Waals surface area (Å²) in [7, 11) is 3.05. The molecule has 1 aliphatic rings. The van der Waals surface area contributed by atoms with E-state index in [0.717, 1.165) is 13.1 Å². The Labute approximate surface area is 60.1 Å². The van der Waals surface area contributed by atoms with Crippen molar-refractivity contribution in [2.75, 3.05) is 26.2 Å². The second-order valence-corrected chi connectivity index (χ2v) is 2.15. The molecule has 1 aliphatic heterocycles. The van der Waals surface area contributed by atoms with Gasteiger partial charge in [0.05, 0.1) is 0 Å². The first-order valence-electron chi connectivity index (χ1n) is 3.26. The Balaban J connectivity index is 2.31. The molecule has 1 saturated heterocycles. The quantitative estimate of drug-likeness (QED) is 0.511. The average molecular weight is 143 g/mol. The number of ether oxygens (including phenoxy) is 1. The van der Waals surface area contributed by atoms with Crippen molar-refractivity contribution in [2.24, 2.45) is 0 Å². The van der Waals surface area contributed by atoms with E-state index < -0.39 is 0 Å². The van der Waals surface area contributed by atoms with E-state index in [1.54, 1.807) is 4.90 Å². The van der Waals surface area contributed by atoms with Crippen LogP contribution in [0.3, 0.4) is 0 Å². The maximum atomic E-state index is 10.8. The lowest BCUT2D eigenvalue weighted by Gasteiger charge is -2.25. The zero-order chi connectivity index (χ0) is 7.40. The molecule has 0 unspecified atom stereocenters. The molecular formula is C6H11N2O2. The van der Waals surface area contributed by atoms with E-state index in [-0.39, 0.29) is 6.09 Å². The van der Waals surface area contributed by atoms with Crippen LogP contribution in [0, 0.1) is 7.11 Å². The number of amides is 1. The highest BCUT2D eigenvalue weighted by atomic mass is 16.5. The van der Waals surface area contributed by atoms with Gasteiger partial charge in [0, 0.05) is 26.2 Å². The van der Waals surface area contributed by atoms with Crippen LogP contribution in [0.2, 0.25) is 0 Å². The molecule has 1 amide bonds. The molecule has 0 aromatic heterocycles. The number of piperazine rings is 1. The molecule has 1 radical (unpaired) electrons. The van der Waals surface area contributed by atoms with Crippen LogP contribution < -0.4 is 5.32 Å². The van der Waals surface area contributed by atoms with Crippen LogP contribution in [0.4, 0.5) is 4.79 Å². The molecule has 0 spiro atoms. The molecule has 1 rings (SSSR count). The van der Waals surface area contributed by atoms with Gasteiger partial charge in [-0.05, 0) is 0 Å². The van der Waals surface area contributed by atoms with E-state index in [2.05, 4.69) is 17.2 Å². The second-order valence-electron chi connectivity index (χ2n) is 2.15. The predicted molar refractivity (Wildman–Crippen MR) is 36.3 cm³/mol. The van der Waals surface area contributed by atoms with Crippen molar-refractivity contribution in [3.8, 4) is 0 Å². The van der Waals surface area contributed by atoms with Crippen LogP contribution in [0.15, 0.2) is 0 Å². The zero-order valence-corrected chi connectivity index (χ0v) is 5.80. The summed E-state index contributed by atoms with van der Waals surface area (Å²) < 4.78 is 4.30. The third-order valence-corrected chi connectivity index (χ3v) is 1.50. The zero-order valence-electron chi connectivity index (χ0n) is 5.80. The highest BCUT2D eigenvalue weighted by Crippen LogP contribution is 1.94. The fourth-order valence-corrected chi connectivity index (χ4v) is 0.939. The molecule has 0 atom stereocenters. The van der Waals surface area contributed by atoms with Crippen LogP contribution in [-0.4, -0.2) is 37.2 Å². The van der Waals surface area contributed by atoms with Crippen molar-refractivity contribution in [3.63, 3.8) is 0 Å². The second kappa shape index (κ2) is 3.41. The molecule has 0 aromatic rings. The molecular weight excluding hydrogens is 132 g/mol. The summed E-state index contributed by atoms with van der Waals surface area (Å²) in [6.45, 7) is 3.12. The van der Waals surface area contributed by atoms with Gasteiger partial charge in [-0.2, -0.15) is 0 Å². The Morgan fingerprint density at radius 1 is 1.50 bits per heavy atom. The fraction of sp³-hybridized carbons (Fsp3) is 0.667. The minimum Gasteiger partial charge on any atom is -0.446 e. The highest BCUT2D eigenvalue weighted by molar-refractivity contribution is 5.67. The molecule has 1 N–H and O–H groups in total. The summed E-state index contributed by atoms with van der Waals surface area (Å²) in [6.07, 6.45) is -0.332. The Morgan fingerprint density at radius 3 is 2.60 bits per heavy atom. The van der Waals surface area contributed by atoms with Crippen molar-refractivity contribution < 1.29 is 9.53 Å². The first-order valence-corrected chi connectivity index (χ1v) is 3.26. The van der Waals surface area contributed by atoms with Gasteiger partial charge in [-0.1, -0.05) is 0 Å². The van der Waals surface area contributed by atoms with Crippen LogP contribution >= 0.6 is 0 Å². The van der Waals surface area contributed by atoms with Gasteiger partial charge in [-0.3, -0.25) is 0 Å². The summed E-state index contributed by atoms with van der Waals surface area (Å²) in [4.78, 5) is 12.4. The smallest absolute Gasteiger partial charge is 0.409 e. The minimum atomic E-state index is -0.332. The molecule has 10 heavy (non-hydrogen) atoms. The van der Waals surface area contributed by atoms with E-state index in [1.807, 2.05) is 0 Å². The van der Waals surface area contributed by atoms with Gasteiger partial charge in [-0.25, -0.2) is 4.79 Å². The summed E-state index contributed by atoms with van der Waals surface area (Å²) in [5.74, 6) is 0. The lowest BCUT2D eigenvalue weighted by Crippen LogP contribution is -2.46. The molecule has 4 heteroatoms. The van der Waals surface area contributed by atoms with Gasteiger partial charge < -0.3 is 15.0 Å². The first kappa shape index (κ1) is 7.34. The van der Waals surface area contributed by atoms with Crippen molar-refractivity contribution in [3.05, 3.63) is 7.11 Å². The molecule has 4 nitrogen and oxygen atoms in total. The van der Waals surface area contributed by atoms with Crippen LogP contribution in [0.1, 0.15) is 0 Å². The van der Waals surface area contributed by atoms with Gasteiger partial charge >= 0.3 is 6.09 Å². The van der Waals surface area contributed by atoms with Crippen LogP contribution in [0.25, 0.3) is 0 Å². The third kappa shape index (κ3) is 1.60. The largest absolute Gasteiger partial charge is 0.446 e. The Morgan fingerprint density at radius 2 is 2.10 bits per heavy atom. The SMILES string of the molecule is [CH2]OC(=O)N1CCNCC1. The number of nitrogens with one attached hydrogen (secondary N) is 1. The number of hydrogen-bond donors (Lipinski definition) is 1. The number of carbonyl (C=O) groups excluding carboxylic acids is 1. The topological polar surface area (TPSA) is 41.6 Å². The number of hydrogen-bond acceptors (Lipinski definition) is 3. The fourth-order valence-electron chi connectivity index (χ4n) is 0.939. The van der Waals surface area contributed by atoms with Gasteiger partial charge in [0.2, 0.25) is 0 Å². The Hall–Kier alpha value is -0.770.